The molecule has 0 unspecified atom stereocenters. The number of anilines is 2. The molecule has 138 valence electrons. The molecule has 4 nitrogen and oxygen atoms in total. The number of hydrogen-bond acceptors (Lipinski definition) is 4. The monoisotopic (exact) mass is 374 g/mol. The first-order chi connectivity index (χ1) is 14.4. The summed E-state index contributed by atoms with van der Waals surface area (Å²) in [6.45, 7) is 0. The maximum Gasteiger partial charge on any atom is 0.179 e. The molecule has 0 spiro atoms. The van der Waals surface area contributed by atoms with Crippen molar-refractivity contribution in [2.24, 2.45) is 0 Å². The molecule has 0 radical (unpaired) electrons. The third-order valence-electron chi connectivity index (χ3n) is 5.47. The summed E-state index contributed by atoms with van der Waals surface area (Å²) in [6.07, 6.45) is 10.7. The molecule has 0 atom stereocenters. The Morgan fingerprint density at radius 2 is 1.69 bits per heavy atom. The molecule has 3 heterocycles. The van der Waals surface area contributed by atoms with Crippen LogP contribution in [-0.2, 0) is 0 Å². The number of fused-ring (bicyclic) bond motifs is 2. The molecule has 1 aliphatic carbocycles. The van der Waals surface area contributed by atoms with Gasteiger partial charge < -0.3 is 4.90 Å². The Kier molecular flexibility index (Phi) is 3.56. The minimum Gasteiger partial charge on any atom is -0.309 e. The van der Waals surface area contributed by atoms with Crippen LogP contribution in [0.3, 0.4) is 0 Å². The minimum atomic E-state index is 0.658. The largest absolute Gasteiger partial charge is 0.309 e. The predicted molar refractivity (Wildman–Crippen MR) is 117 cm³/mol. The van der Waals surface area contributed by atoms with Gasteiger partial charge in [0.25, 0.3) is 0 Å². The second kappa shape index (κ2) is 6.38. The Bertz CT molecular complexity index is 1310. The molecule has 0 saturated heterocycles. The van der Waals surface area contributed by atoms with Crippen molar-refractivity contribution < 1.29 is 0 Å². The number of para-hydroxylation sites is 1. The van der Waals surface area contributed by atoms with Crippen LogP contribution in [-0.4, -0.2) is 15.0 Å². The van der Waals surface area contributed by atoms with Gasteiger partial charge in [-0.2, -0.15) is 0 Å². The summed E-state index contributed by atoms with van der Waals surface area (Å²) in [5, 5.41) is 1.09. The van der Waals surface area contributed by atoms with Crippen LogP contribution in [0.1, 0.15) is 12.8 Å². The van der Waals surface area contributed by atoms with E-state index in [9.17, 15) is 0 Å². The molecule has 4 heteroatoms. The second-order valence-corrected chi connectivity index (χ2v) is 7.24. The van der Waals surface area contributed by atoms with Crippen LogP contribution in [0.25, 0.3) is 33.7 Å². The van der Waals surface area contributed by atoms with Gasteiger partial charge >= 0.3 is 0 Å². The summed E-state index contributed by atoms with van der Waals surface area (Å²) in [6, 6.07) is 20.6. The molecule has 0 saturated carbocycles. The van der Waals surface area contributed by atoms with Gasteiger partial charge in [0, 0.05) is 17.5 Å². The van der Waals surface area contributed by atoms with Gasteiger partial charge in [-0.25, -0.2) is 9.97 Å². The lowest BCUT2D eigenvalue weighted by Crippen LogP contribution is -2.20. The average molecular weight is 374 g/mol. The maximum atomic E-state index is 4.98. The summed E-state index contributed by atoms with van der Waals surface area (Å²) >= 11 is 0. The van der Waals surface area contributed by atoms with Gasteiger partial charge in [-0.15, -0.1) is 0 Å². The lowest BCUT2D eigenvalue weighted by molar-refractivity contribution is 0.997. The van der Waals surface area contributed by atoms with Crippen molar-refractivity contribution in [1.82, 2.24) is 15.0 Å². The molecule has 0 N–H and O–H groups in total. The van der Waals surface area contributed by atoms with E-state index in [1.54, 1.807) is 6.20 Å². The van der Waals surface area contributed by atoms with E-state index in [0.717, 1.165) is 52.1 Å². The highest BCUT2D eigenvalue weighted by atomic mass is 15.2. The highest BCUT2D eigenvalue weighted by molar-refractivity contribution is 6.10. The number of pyridine rings is 1. The molecular weight excluding hydrogens is 356 g/mol. The first-order valence-corrected chi connectivity index (χ1v) is 9.88. The van der Waals surface area contributed by atoms with E-state index in [-0.39, 0.29) is 0 Å². The van der Waals surface area contributed by atoms with E-state index < -0.39 is 0 Å². The van der Waals surface area contributed by atoms with Gasteiger partial charge in [0.05, 0.1) is 28.0 Å². The fraction of sp³-hybridized carbons (Fsp3) is 0.0800. The molecule has 0 amide bonds. The van der Waals surface area contributed by atoms with E-state index in [1.165, 1.54) is 5.70 Å². The van der Waals surface area contributed by atoms with E-state index in [0.29, 0.717) is 5.82 Å². The van der Waals surface area contributed by atoms with Gasteiger partial charge in [-0.05, 0) is 49.2 Å². The van der Waals surface area contributed by atoms with Crippen molar-refractivity contribution in [3.63, 3.8) is 0 Å². The zero-order valence-corrected chi connectivity index (χ0v) is 15.8. The Labute approximate surface area is 168 Å². The lowest BCUT2D eigenvalue weighted by atomic mass is 9.95. The Hall–Kier alpha value is -3.79. The van der Waals surface area contributed by atoms with Gasteiger partial charge in [0.1, 0.15) is 5.69 Å². The third kappa shape index (κ3) is 2.49. The van der Waals surface area contributed by atoms with Crippen molar-refractivity contribution in [2.75, 3.05) is 4.90 Å². The van der Waals surface area contributed by atoms with Crippen molar-refractivity contribution in [2.45, 2.75) is 12.8 Å². The average Bonchev–Trinajstić information content (AvgIpc) is 2.80. The number of nitrogens with zero attached hydrogens (tertiary/aromatic N) is 4. The summed E-state index contributed by atoms with van der Waals surface area (Å²) < 4.78 is 0. The van der Waals surface area contributed by atoms with Gasteiger partial charge in [-0.3, -0.25) is 4.98 Å². The van der Waals surface area contributed by atoms with E-state index in [2.05, 4.69) is 70.6 Å². The summed E-state index contributed by atoms with van der Waals surface area (Å²) in [5.74, 6) is 0.658. The highest BCUT2D eigenvalue weighted by Crippen LogP contribution is 2.48. The van der Waals surface area contributed by atoms with Crippen LogP contribution in [0.15, 0.2) is 90.8 Å². The molecular formula is C25H18N4. The zero-order chi connectivity index (χ0) is 19.2. The van der Waals surface area contributed by atoms with Gasteiger partial charge in [-0.1, -0.05) is 42.5 Å². The first kappa shape index (κ1) is 16.2. The standard InChI is InChI=1S/C25H18N4/c1-2-9-17(10-3-1)29-21-14-5-4-11-18(21)24-23-19(13-8-15-22(23)29)27-25(28-24)20-12-6-7-16-26-20/h2,4-16H,1,3H2. The quantitative estimate of drug-likeness (QED) is 0.429. The van der Waals surface area contributed by atoms with Crippen LogP contribution in [0, 0.1) is 0 Å². The first-order valence-electron chi connectivity index (χ1n) is 9.88. The molecule has 0 fully saturated rings. The number of hydrogen-bond donors (Lipinski definition) is 0. The smallest absolute Gasteiger partial charge is 0.179 e. The molecule has 6 rings (SSSR count). The minimum absolute atomic E-state index is 0.658. The predicted octanol–water partition coefficient (Wildman–Crippen LogP) is 6.04. The van der Waals surface area contributed by atoms with E-state index >= 15 is 0 Å². The summed E-state index contributed by atoms with van der Waals surface area (Å²) in [4.78, 5) is 16.6. The highest BCUT2D eigenvalue weighted by Gasteiger charge is 2.28. The van der Waals surface area contributed by atoms with Gasteiger partial charge in [0.2, 0.25) is 0 Å². The normalized spacial score (nSPS) is 14.6. The van der Waals surface area contributed by atoms with E-state index in [1.807, 2.05) is 18.2 Å². The maximum absolute atomic E-state index is 4.98. The van der Waals surface area contributed by atoms with Crippen LogP contribution in [0.2, 0.25) is 0 Å². The zero-order valence-electron chi connectivity index (χ0n) is 15.8. The van der Waals surface area contributed by atoms with Gasteiger partial charge in [0.15, 0.2) is 5.82 Å². The SMILES string of the molecule is C1=CC(N2c3ccccc3-c3nc(-c4ccccn4)nc4cccc2c34)=CCC1. The third-order valence-corrected chi connectivity index (χ3v) is 5.47. The van der Waals surface area contributed by atoms with Crippen LogP contribution in [0.5, 0.6) is 0 Å². The van der Waals surface area contributed by atoms with E-state index in [4.69, 9.17) is 9.97 Å². The number of rotatable bonds is 2. The summed E-state index contributed by atoms with van der Waals surface area (Å²) in [5.41, 5.74) is 7.30. The van der Waals surface area contributed by atoms with Crippen molar-refractivity contribution in [1.29, 1.82) is 0 Å². The molecule has 2 aromatic carbocycles. The van der Waals surface area contributed by atoms with Crippen molar-refractivity contribution >= 4 is 22.3 Å². The Morgan fingerprint density at radius 1 is 0.793 bits per heavy atom. The van der Waals surface area contributed by atoms with Crippen LogP contribution < -0.4 is 4.90 Å². The summed E-state index contributed by atoms with van der Waals surface area (Å²) in [7, 11) is 0. The van der Waals surface area contributed by atoms with Crippen molar-refractivity contribution in [3.8, 4) is 22.8 Å². The van der Waals surface area contributed by atoms with Crippen LogP contribution >= 0.6 is 0 Å². The Balaban J connectivity index is 1.69. The molecule has 29 heavy (non-hydrogen) atoms. The Morgan fingerprint density at radius 3 is 2.55 bits per heavy atom. The fourth-order valence-electron chi connectivity index (χ4n) is 4.20. The molecule has 0 bridgehead atoms. The van der Waals surface area contributed by atoms with Crippen molar-refractivity contribution in [3.05, 3.63) is 90.8 Å². The second-order valence-electron chi connectivity index (χ2n) is 7.24. The number of aromatic nitrogens is 3. The molecule has 2 aromatic heterocycles. The van der Waals surface area contributed by atoms with Crippen LogP contribution in [0.4, 0.5) is 11.4 Å². The topological polar surface area (TPSA) is 41.9 Å². The number of allylic oxidation sites excluding steroid dienone is 3. The lowest BCUT2D eigenvalue weighted by Gasteiger charge is -2.34. The molecule has 1 aliphatic heterocycles. The molecule has 2 aliphatic rings. The fourth-order valence-corrected chi connectivity index (χ4v) is 4.20. The molecule has 4 aromatic rings. The number of benzene rings is 2.